The average Bonchev–Trinajstić information content (AvgIpc) is 2.89. The lowest BCUT2D eigenvalue weighted by atomic mass is 10.1. The van der Waals surface area contributed by atoms with Gasteiger partial charge in [-0.3, -0.25) is 4.79 Å². The fourth-order valence-electron chi connectivity index (χ4n) is 2.94. The summed E-state index contributed by atoms with van der Waals surface area (Å²) in [6.45, 7) is 8.52. The van der Waals surface area contributed by atoms with Gasteiger partial charge in [-0.2, -0.15) is 5.10 Å². The Labute approximate surface area is 143 Å². The summed E-state index contributed by atoms with van der Waals surface area (Å²) >= 11 is 0. The van der Waals surface area contributed by atoms with Crippen LogP contribution in [0.1, 0.15) is 28.5 Å². The van der Waals surface area contributed by atoms with Gasteiger partial charge in [0, 0.05) is 25.7 Å². The number of rotatable bonds is 2. The van der Waals surface area contributed by atoms with Crippen molar-refractivity contribution >= 4 is 18.3 Å². The minimum Gasteiger partial charge on any atom is -0.333 e. The SMILES string of the molecule is Cc1cccc(-n2ncc(C(=O)N3CCNC[C@@H]3C)c2C)c1.Cl. The van der Waals surface area contributed by atoms with Crippen LogP contribution in [0.2, 0.25) is 0 Å². The fraction of sp³-hybridized carbons (Fsp3) is 0.412. The normalized spacial score (nSPS) is 17.7. The molecule has 1 aliphatic heterocycles. The predicted octanol–water partition coefficient (Wildman–Crippen LogP) is 2.34. The van der Waals surface area contributed by atoms with Crippen LogP contribution in [-0.4, -0.2) is 46.3 Å². The van der Waals surface area contributed by atoms with Gasteiger partial charge in [0.2, 0.25) is 0 Å². The van der Waals surface area contributed by atoms with Crippen LogP contribution < -0.4 is 5.32 Å². The molecule has 1 aromatic carbocycles. The van der Waals surface area contributed by atoms with Crippen LogP contribution in [0, 0.1) is 13.8 Å². The molecular weight excluding hydrogens is 312 g/mol. The molecule has 1 amide bonds. The highest BCUT2D eigenvalue weighted by Gasteiger charge is 2.26. The number of aryl methyl sites for hydroxylation is 1. The number of nitrogens with zero attached hydrogens (tertiary/aromatic N) is 3. The van der Waals surface area contributed by atoms with Crippen LogP contribution in [0.3, 0.4) is 0 Å². The minimum atomic E-state index is 0. The van der Waals surface area contributed by atoms with E-state index in [1.165, 1.54) is 5.56 Å². The van der Waals surface area contributed by atoms with Crippen LogP contribution in [-0.2, 0) is 0 Å². The van der Waals surface area contributed by atoms with E-state index in [9.17, 15) is 4.79 Å². The van der Waals surface area contributed by atoms with Crippen molar-refractivity contribution in [2.75, 3.05) is 19.6 Å². The van der Waals surface area contributed by atoms with E-state index in [4.69, 9.17) is 0 Å². The summed E-state index contributed by atoms with van der Waals surface area (Å²) in [5.74, 6) is 0.0744. The van der Waals surface area contributed by atoms with Crippen molar-refractivity contribution in [3.8, 4) is 5.69 Å². The quantitative estimate of drug-likeness (QED) is 0.917. The van der Waals surface area contributed by atoms with E-state index in [0.29, 0.717) is 5.56 Å². The molecule has 2 aromatic rings. The molecule has 0 spiro atoms. The molecule has 1 aromatic heterocycles. The Morgan fingerprint density at radius 3 is 2.83 bits per heavy atom. The summed E-state index contributed by atoms with van der Waals surface area (Å²) in [6, 6.07) is 8.35. The number of carbonyl (C=O) groups excluding carboxylic acids is 1. The summed E-state index contributed by atoms with van der Waals surface area (Å²) < 4.78 is 1.84. The van der Waals surface area contributed by atoms with Gasteiger partial charge in [0.15, 0.2) is 0 Å². The van der Waals surface area contributed by atoms with Crippen molar-refractivity contribution in [3.05, 3.63) is 47.3 Å². The summed E-state index contributed by atoms with van der Waals surface area (Å²) in [7, 11) is 0. The summed E-state index contributed by atoms with van der Waals surface area (Å²) in [5.41, 5.74) is 3.75. The maximum absolute atomic E-state index is 12.8. The number of carbonyl (C=O) groups is 1. The first-order valence-electron chi connectivity index (χ1n) is 7.71. The zero-order valence-electron chi connectivity index (χ0n) is 13.7. The van der Waals surface area contributed by atoms with Gasteiger partial charge in [0.25, 0.3) is 5.91 Å². The number of halogens is 1. The van der Waals surface area contributed by atoms with Crippen molar-refractivity contribution in [1.29, 1.82) is 0 Å². The smallest absolute Gasteiger partial charge is 0.257 e. The molecule has 23 heavy (non-hydrogen) atoms. The molecule has 6 heteroatoms. The molecule has 0 aliphatic carbocycles. The average molecular weight is 335 g/mol. The van der Waals surface area contributed by atoms with Gasteiger partial charge < -0.3 is 10.2 Å². The van der Waals surface area contributed by atoms with Crippen LogP contribution in [0.5, 0.6) is 0 Å². The van der Waals surface area contributed by atoms with Gasteiger partial charge in [-0.15, -0.1) is 12.4 Å². The van der Waals surface area contributed by atoms with Gasteiger partial charge in [-0.25, -0.2) is 4.68 Å². The van der Waals surface area contributed by atoms with Crippen LogP contribution in [0.4, 0.5) is 0 Å². The van der Waals surface area contributed by atoms with E-state index in [0.717, 1.165) is 31.0 Å². The third-order valence-corrected chi connectivity index (χ3v) is 4.25. The number of piperazine rings is 1. The zero-order valence-corrected chi connectivity index (χ0v) is 14.6. The molecule has 0 saturated carbocycles. The summed E-state index contributed by atoms with van der Waals surface area (Å²) in [4.78, 5) is 14.7. The highest BCUT2D eigenvalue weighted by Crippen LogP contribution is 2.18. The number of benzene rings is 1. The second-order valence-corrected chi connectivity index (χ2v) is 5.95. The second kappa shape index (κ2) is 7.15. The number of aromatic nitrogens is 2. The summed E-state index contributed by atoms with van der Waals surface area (Å²) in [5, 5.41) is 7.73. The van der Waals surface area contributed by atoms with E-state index in [1.54, 1.807) is 6.20 Å². The van der Waals surface area contributed by atoms with Gasteiger partial charge in [-0.1, -0.05) is 12.1 Å². The maximum atomic E-state index is 12.8. The second-order valence-electron chi connectivity index (χ2n) is 5.95. The van der Waals surface area contributed by atoms with E-state index >= 15 is 0 Å². The highest BCUT2D eigenvalue weighted by atomic mass is 35.5. The largest absolute Gasteiger partial charge is 0.333 e. The molecule has 0 unspecified atom stereocenters. The van der Waals surface area contributed by atoms with Crippen molar-refractivity contribution in [1.82, 2.24) is 20.0 Å². The Bertz CT molecular complexity index is 698. The molecule has 1 fully saturated rings. The minimum absolute atomic E-state index is 0. The zero-order chi connectivity index (χ0) is 15.7. The lowest BCUT2D eigenvalue weighted by molar-refractivity contribution is 0.0655. The van der Waals surface area contributed by atoms with Crippen molar-refractivity contribution in [2.24, 2.45) is 0 Å². The van der Waals surface area contributed by atoms with Crippen molar-refractivity contribution < 1.29 is 4.79 Å². The number of hydrogen-bond acceptors (Lipinski definition) is 3. The molecule has 0 bridgehead atoms. The molecule has 5 nitrogen and oxygen atoms in total. The van der Waals surface area contributed by atoms with Gasteiger partial charge in [0.05, 0.1) is 23.1 Å². The first kappa shape index (κ1) is 17.5. The van der Waals surface area contributed by atoms with Crippen molar-refractivity contribution in [3.63, 3.8) is 0 Å². The topological polar surface area (TPSA) is 50.2 Å². The number of nitrogens with one attached hydrogen (secondary N) is 1. The number of hydrogen-bond donors (Lipinski definition) is 1. The molecule has 1 atom stereocenters. The molecule has 0 radical (unpaired) electrons. The standard InChI is InChI=1S/C17H22N4O.ClH/c1-12-5-4-6-15(9-12)21-14(3)16(11-19-21)17(22)20-8-7-18-10-13(20)2;/h4-6,9,11,13,18H,7-8,10H2,1-3H3;1H/t13-;/m0./s1. The molecule has 1 aliphatic rings. The van der Waals surface area contributed by atoms with Crippen LogP contribution in [0.25, 0.3) is 5.69 Å². The van der Waals surface area contributed by atoms with E-state index in [2.05, 4.69) is 36.4 Å². The Hall–Kier alpha value is -1.85. The molecular formula is C17H23ClN4O. The van der Waals surface area contributed by atoms with Gasteiger partial charge >= 0.3 is 0 Å². The van der Waals surface area contributed by atoms with Gasteiger partial charge in [-0.05, 0) is 38.5 Å². The van der Waals surface area contributed by atoms with E-state index in [-0.39, 0.29) is 24.4 Å². The van der Waals surface area contributed by atoms with Crippen LogP contribution >= 0.6 is 12.4 Å². The lowest BCUT2D eigenvalue weighted by Crippen LogP contribution is -2.52. The molecule has 3 rings (SSSR count). The molecule has 124 valence electrons. The fourth-order valence-corrected chi connectivity index (χ4v) is 2.94. The van der Waals surface area contributed by atoms with E-state index < -0.39 is 0 Å². The summed E-state index contributed by atoms with van der Waals surface area (Å²) in [6.07, 6.45) is 1.69. The van der Waals surface area contributed by atoms with E-state index in [1.807, 2.05) is 28.6 Å². The monoisotopic (exact) mass is 334 g/mol. The Morgan fingerprint density at radius 2 is 2.13 bits per heavy atom. The number of amides is 1. The van der Waals surface area contributed by atoms with Gasteiger partial charge in [0.1, 0.15) is 0 Å². The first-order chi connectivity index (χ1) is 10.6. The highest BCUT2D eigenvalue weighted by molar-refractivity contribution is 5.95. The molecule has 1 N–H and O–H groups in total. The third-order valence-electron chi connectivity index (χ3n) is 4.25. The van der Waals surface area contributed by atoms with Crippen molar-refractivity contribution in [2.45, 2.75) is 26.8 Å². The maximum Gasteiger partial charge on any atom is 0.257 e. The Balaban J connectivity index is 0.00000192. The predicted molar refractivity (Wildman–Crippen MR) is 93.7 cm³/mol. The van der Waals surface area contributed by atoms with Crippen LogP contribution in [0.15, 0.2) is 30.5 Å². The first-order valence-corrected chi connectivity index (χ1v) is 7.71. The molecule has 1 saturated heterocycles. The third kappa shape index (κ3) is 3.41. The Morgan fingerprint density at radius 1 is 1.35 bits per heavy atom. The lowest BCUT2D eigenvalue weighted by Gasteiger charge is -2.33. The molecule has 2 heterocycles. The Kier molecular flexibility index (Phi) is 5.44.